The van der Waals surface area contributed by atoms with Gasteiger partial charge in [-0.05, 0) is 56.3 Å². The number of carbonyl (C=O) groups is 1. The van der Waals surface area contributed by atoms with E-state index in [9.17, 15) is 9.18 Å². The van der Waals surface area contributed by atoms with E-state index in [0.717, 1.165) is 49.5 Å². The summed E-state index contributed by atoms with van der Waals surface area (Å²) in [7, 11) is 0. The summed E-state index contributed by atoms with van der Waals surface area (Å²) in [6.07, 6.45) is 0. The molecule has 5 nitrogen and oxygen atoms in total. The number of likely N-dealkylation sites (N-methyl/N-ethyl adjacent to an activating group) is 1. The number of rotatable bonds is 7. The van der Waals surface area contributed by atoms with Crippen LogP contribution in [0.1, 0.15) is 31.0 Å². The number of nitrogens with one attached hydrogen (secondary N) is 1. The van der Waals surface area contributed by atoms with Gasteiger partial charge in [0.2, 0.25) is 0 Å². The van der Waals surface area contributed by atoms with Crippen molar-refractivity contribution in [1.29, 1.82) is 0 Å². The minimum absolute atomic E-state index is 0.0758. The number of ether oxygens (including phenoxy) is 1. The van der Waals surface area contributed by atoms with E-state index in [1.807, 2.05) is 44.2 Å². The Morgan fingerprint density at radius 3 is 2.62 bits per heavy atom. The van der Waals surface area contributed by atoms with Gasteiger partial charge < -0.3 is 19.9 Å². The van der Waals surface area contributed by atoms with Gasteiger partial charge in [-0.2, -0.15) is 0 Å². The zero-order chi connectivity index (χ0) is 20.8. The maximum atomic E-state index is 14.0. The molecule has 0 bridgehead atoms. The Labute approximate surface area is 172 Å². The average Bonchev–Trinajstić information content (AvgIpc) is 2.72. The predicted octanol–water partition coefficient (Wildman–Crippen LogP) is 3.53. The number of piperazine rings is 1. The summed E-state index contributed by atoms with van der Waals surface area (Å²) >= 11 is 0. The summed E-state index contributed by atoms with van der Waals surface area (Å²) < 4.78 is 19.5. The van der Waals surface area contributed by atoms with Crippen LogP contribution >= 0.6 is 0 Å². The molecule has 2 aromatic carbocycles. The van der Waals surface area contributed by atoms with Gasteiger partial charge in [-0.3, -0.25) is 4.79 Å². The van der Waals surface area contributed by atoms with Gasteiger partial charge in [-0.15, -0.1) is 0 Å². The number of hydrogen-bond acceptors (Lipinski definition) is 4. The van der Waals surface area contributed by atoms with Crippen LogP contribution in [0.25, 0.3) is 0 Å². The Bertz CT molecular complexity index is 835. The zero-order valence-electron chi connectivity index (χ0n) is 17.5. The standard InChI is InChI=1S/C23H30FN3O2/c1-4-26-10-12-27(13-11-26)22-9-8-19(24)15-21(22)18(3)25-23(28)16-29-20-7-5-6-17(2)14-20/h5-9,14-15,18H,4,10-13,16H2,1-3H3,(H,25,28). The van der Waals surface area contributed by atoms with E-state index < -0.39 is 0 Å². The zero-order valence-corrected chi connectivity index (χ0v) is 17.5. The van der Waals surface area contributed by atoms with Crippen LogP contribution < -0.4 is 15.0 Å². The van der Waals surface area contributed by atoms with E-state index in [-0.39, 0.29) is 24.4 Å². The Morgan fingerprint density at radius 2 is 1.93 bits per heavy atom. The molecule has 0 saturated carbocycles. The fourth-order valence-electron chi connectivity index (χ4n) is 3.68. The second kappa shape index (κ2) is 9.74. The third kappa shape index (κ3) is 5.70. The molecule has 1 atom stereocenters. The van der Waals surface area contributed by atoms with E-state index in [4.69, 9.17) is 4.74 Å². The first-order chi connectivity index (χ1) is 14.0. The summed E-state index contributed by atoms with van der Waals surface area (Å²) in [6.45, 7) is 10.7. The van der Waals surface area contributed by atoms with Gasteiger partial charge in [0.05, 0.1) is 6.04 Å². The van der Waals surface area contributed by atoms with Crippen LogP contribution in [-0.4, -0.2) is 50.1 Å². The number of halogens is 1. The molecule has 1 amide bonds. The van der Waals surface area contributed by atoms with Gasteiger partial charge in [-0.25, -0.2) is 4.39 Å². The number of amides is 1. The minimum atomic E-state index is -0.321. The quantitative estimate of drug-likeness (QED) is 0.774. The van der Waals surface area contributed by atoms with Crippen LogP contribution in [0.2, 0.25) is 0 Å². The normalized spacial score (nSPS) is 15.8. The number of benzene rings is 2. The fraction of sp³-hybridized carbons (Fsp3) is 0.435. The van der Waals surface area contributed by atoms with Gasteiger partial charge >= 0.3 is 0 Å². The van der Waals surface area contributed by atoms with Crippen molar-refractivity contribution in [3.63, 3.8) is 0 Å². The molecular weight excluding hydrogens is 369 g/mol. The topological polar surface area (TPSA) is 44.8 Å². The minimum Gasteiger partial charge on any atom is -0.484 e. The van der Waals surface area contributed by atoms with E-state index >= 15 is 0 Å². The molecule has 156 valence electrons. The highest BCUT2D eigenvalue weighted by molar-refractivity contribution is 5.78. The summed E-state index contributed by atoms with van der Waals surface area (Å²) in [6, 6.07) is 12.1. The predicted molar refractivity (Wildman–Crippen MR) is 114 cm³/mol. The van der Waals surface area contributed by atoms with E-state index in [0.29, 0.717) is 5.75 Å². The Morgan fingerprint density at radius 1 is 1.17 bits per heavy atom. The van der Waals surface area contributed by atoms with E-state index in [2.05, 4.69) is 22.0 Å². The van der Waals surface area contributed by atoms with Crippen LogP contribution in [0, 0.1) is 12.7 Å². The van der Waals surface area contributed by atoms with Crippen molar-refractivity contribution in [3.05, 3.63) is 59.4 Å². The van der Waals surface area contributed by atoms with Gasteiger partial charge in [0.15, 0.2) is 6.61 Å². The van der Waals surface area contributed by atoms with Crippen LogP contribution in [0.4, 0.5) is 10.1 Å². The highest BCUT2D eigenvalue weighted by atomic mass is 19.1. The van der Waals surface area contributed by atoms with Crippen molar-refractivity contribution in [3.8, 4) is 5.75 Å². The number of carbonyl (C=O) groups excluding carboxylic acids is 1. The first-order valence-corrected chi connectivity index (χ1v) is 10.2. The lowest BCUT2D eigenvalue weighted by Crippen LogP contribution is -2.46. The maximum Gasteiger partial charge on any atom is 0.258 e. The molecule has 0 aliphatic carbocycles. The summed E-state index contributed by atoms with van der Waals surface area (Å²) in [5.41, 5.74) is 2.84. The van der Waals surface area contributed by atoms with Crippen LogP contribution in [0.15, 0.2) is 42.5 Å². The van der Waals surface area contributed by atoms with Crippen molar-refractivity contribution in [1.82, 2.24) is 10.2 Å². The van der Waals surface area contributed by atoms with Crippen molar-refractivity contribution < 1.29 is 13.9 Å². The fourth-order valence-corrected chi connectivity index (χ4v) is 3.68. The Kier molecular flexibility index (Phi) is 7.09. The largest absolute Gasteiger partial charge is 0.484 e. The van der Waals surface area contributed by atoms with Crippen molar-refractivity contribution in [2.45, 2.75) is 26.8 Å². The lowest BCUT2D eigenvalue weighted by atomic mass is 10.0. The van der Waals surface area contributed by atoms with Crippen molar-refractivity contribution >= 4 is 11.6 Å². The van der Waals surface area contributed by atoms with Gasteiger partial charge in [0.25, 0.3) is 5.91 Å². The molecule has 2 aromatic rings. The van der Waals surface area contributed by atoms with Crippen molar-refractivity contribution in [2.24, 2.45) is 0 Å². The Hall–Kier alpha value is -2.60. The van der Waals surface area contributed by atoms with E-state index in [1.165, 1.54) is 12.1 Å². The van der Waals surface area contributed by atoms with Gasteiger partial charge in [0.1, 0.15) is 11.6 Å². The monoisotopic (exact) mass is 399 g/mol. The second-order valence-electron chi connectivity index (χ2n) is 7.52. The smallest absolute Gasteiger partial charge is 0.258 e. The van der Waals surface area contributed by atoms with E-state index in [1.54, 1.807) is 0 Å². The van der Waals surface area contributed by atoms with Gasteiger partial charge in [0, 0.05) is 37.4 Å². The van der Waals surface area contributed by atoms with Crippen molar-refractivity contribution in [2.75, 3.05) is 44.2 Å². The lowest BCUT2D eigenvalue weighted by Gasteiger charge is -2.37. The molecule has 1 unspecified atom stereocenters. The second-order valence-corrected chi connectivity index (χ2v) is 7.52. The van der Waals surface area contributed by atoms with Crippen LogP contribution in [0.3, 0.4) is 0 Å². The Balaban J connectivity index is 1.64. The highest BCUT2D eigenvalue weighted by Gasteiger charge is 2.22. The molecule has 1 N–H and O–H groups in total. The van der Waals surface area contributed by atoms with Gasteiger partial charge in [-0.1, -0.05) is 19.1 Å². The first-order valence-electron chi connectivity index (χ1n) is 10.2. The molecule has 1 fully saturated rings. The molecule has 1 saturated heterocycles. The molecule has 1 heterocycles. The molecule has 3 rings (SSSR count). The maximum absolute atomic E-state index is 14.0. The molecular formula is C23H30FN3O2. The number of anilines is 1. The SMILES string of the molecule is CCN1CCN(c2ccc(F)cc2C(C)NC(=O)COc2cccc(C)c2)CC1. The molecule has 1 aliphatic rings. The number of nitrogens with zero attached hydrogens (tertiary/aromatic N) is 2. The highest BCUT2D eigenvalue weighted by Crippen LogP contribution is 2.28. The van der Waals surface area contributed by atoms with Crippen LogP contribution in [0.5, 0.6) is 5.75 Å². The summed E-state index contributed by atoms with van der Waals surface area (Å²) in [5.74, 6) is 0.131. The number of aryl methyl sites for hydroxylation is 1. The molecule has 0 spiro atoms. The number of hydrogen-bond donors (Lipinski definition) is 1. The molecule has 0 radical (unpaired) electrons. The third-order valence-corrected chi connectivity index (χ3v) is 5.35. The average molecular weight is 400 g/mol. The summed E-state index contributed by atoms with van der Waals surface area (Å²) in [5, 5.41) is 2.94. The molecule has 0 aromatic heterocycles. The molecule has 6 heteroatoms. The molecule has 29 heavy (non-hydrogen) atoms. The third-order valence-electron chi connectivity index (χ3n) is 5.35. The lowest BCUT2D eigenvalue weighted by molar-refractivity contribution is -0.123. The molecule has 1 aliphatic heterocycles. The van der Waals surface area contributed by atoms with Crippen LogP contribution in [-0.2, 0) is 4.79 Å². The first kappa shape index (κ1) is 21.1. The summed E-state index contributed by atoms with van der Waals surface area (Å²) in [4.78, 5) is 17.1.